The van der Waals surface area contributed by atoms with Crippen LogP contribution in [0.3, 0.4) is 0 Å². The second kappa shape index (κ2) is 7.80. The molecule has 1 aliphatic heterocycles. The summed E-state index contributed by atoms with van der Waals surface area (Å²) in [5, 5.41) is 4.91. The molecule has 5 nitrogen and oxygen atoms in total. The zero-order chi connectivity index (χ0) is 20.7. The monoisotopic (exact) mass is 421 g/mol. The van der Waals surface area contributed by atoms with Crippen molar-refractivity contribution in [1.82, 2.24) is 15.2 Å². The topological polar surface area (TPSA) is 65.2 Å². The number of halogens is 1. The molecule has 2 aliphatic rings. The van der Waals surface area contributed by atoms with Gasteiger partial charge in [0.25, 0.3) is 0 Å². The van der Waals surface area contributed by atoms with E-state index in [2.05, 4.69) is 16.4 Å². The summed E-state index contributed by atoms with van der Waals surface area (Å²) in [5.41, 5.74) is 3.13. The van der Waals surface area contributed by atoms with Gasteiger partial charge in [0.1, 0.15) is 0 Å². The summed E-state index contributed by atoms with van der Waals surface area (Å²) in [6.45, 7) is 0.970. The van der Waals surface area contributed by atoms with Crippen LogP contribution in [0, 0.1) is 5.92 Å². The predicted octanol–water partition coefficient (Wildman–Crippen LogP) is 4.08. The van der Waals surface area contributed by atoms with Crippen molar-refractivity contribution in [1.29, 1.82) is 0 Å². The van der Waals surface area contributed by atoms with Gasteiger partial charge in [0.15, 0.2) is 0 Å². The Labute approximate surface area is 180 Å². The summed E-state index contributed by atoms with van der Waals surface area (Å²) >= 11 is 6.54. The van der Waals surface area contributed by atoms with Gasteiger partial charge in [-0.2, -0.15) is 0 Å². The summed E-state index contributed by atoms with van der Waals surface area (Å²) in [7, 11) is 0. The molecule has 0 radical (unpaired) electrons. The molecule has 6 heteroatoms. The molecule has 2 fully saturated rings. The Morgan fingerprint density at radius 1 is 1.13 bits per heavy atom. The number of fused-ring (bicyclic) bond motifs is 1. The van der Waals surface area contributed by atoms with Crippen LogP contribution in [-0.2, 0) is 9.59 Å². The quantitative estimate of drug-likeness (QED) is 0.629. The fourth-order valence-corrected chi connectivity index (χ4v) is 4.79. The Bertz CT molecular complexity index is 1100. The zero-order valence-corrected chi connectivity index (χ0v) is 17.4. The van der Waals surface area contributed by atoms with Crippen molar-refractivity contribution in [3.63, 3.8) is 0 Å². The number of hydrogen-bond acceptors (Lipinski definition) is 2. The molecule has 0 bridgehead atoms. The molecule has 1 saturated heterocycles. The minimum Gasteiger partial charge on any atom is -0.361 e. The second-order valence-electron chi connectivity index (χ2n) is 8.29. The van der Waals surface area contributed by atoms with E-state index in [1.807, 2.05) is 53.6 Å². The third kappa shape index (κ3) is 3.58. The second-order valence-corrected chi connectivity index (χ2v) is 8.69. The number of likely N-dealkylation sites (tertiary alicyclic amines) is 1. The minimum absolute atomic E-state index is 0.0524. The van der Waals surface area contributed by atoms with Crippen LogP contribution >= 0.6 is 11.6 Å². The van der Waals surface area contributed by atoms with Crippen molar-refractivity contribution in [2.75, 3.05) is 13.1 Å². The number of carbonyl (C=O) groups is 2. The van der Waals surface area contributed by atoms with E-state index in [4.69, 9.17) is 11.6 Å². The smallest absolute Gasteiger partial charge is 0.225 e. The molecule has 5 rings (SSSR count). The fourth-order valence-electron chi connectivity index (χ4n) is 4.52. The molecule has 1 saturated carbocycles. The molecule has 2 aromatic carbocycles. The highest BCUT2D eigenvalue weighted by Gasteiger charge is 2.41. The van der Waals surface area contributed by atoms with Gasteiger partial charge in [0.2, 0.25) is 11.8 Å². The highest BCUT2D eigenvalue weighted by Crippen LogP contribution is 2.35. The van der Waals surface area contributed by atoms with E-state index >= 15 is 0 Å². The molecule has 0 unspecified atom stereocenters. The van der Waals surface area contributed by atoms with Crippen LogP contribution in [0.25, 0.3) is 10.9 Å². The van der Waals surface area contributed by atoms with Crippen molar-refractivity contribution < 1.29 is 9.59 Å². The number of carbonyl (C=O) groups excluding carboxylic acids is 2. The Morgan fingerprint density at radius 2 is 1.90 bits per heavy atom. The number of H-pyrrole nitrogens is 1. The first-order chi connectivity index (χ1) is 14.6. The van der Waals surface area contributed by atoms with Gasteiger partial charge >= 0.3 is 0 Å². The molecule has 2 atom stereocenters. The van der Waals surface area contributed by atoms with Gasteiger partial charge in [-0.25, -0.2) is 0 Å². The summed E-state index contributed by atoms with van der Waals surface area (Å²) in [6, 6.07) is 16.3. The van der Waals surface area contributed by atoms with E-state index < -0.39 is 0 Å². The van der Waals surface area contributed by atoms with Crippen molar-refractivity contribution in [3.05, 3.63) is 70.9 Å². The van der Waals surface area contributed by atoms with Gasteiger partial charge < -0.3 is 15.2 Å². The first-order valence-electron chi connectivity index (χ1n) is 10.5. The molecule has 0 spiro atoms. The van der Waals surface area contributed by atoms with Gasteiger partial charge in [-0.3, -0.25) is 9.59 Å². The van der Waals surface area contributed by atoms with Crippen LogP contribution in [0.4, 0.5) is 0 Å². The summed E-state index contributed by atoms with van der Waals surface area (Å²) < 4.78 is 0. The van der Waals surface area contributed by atoms with Gasteiger partial charge in [0, 0.05) is 53.6 Å². The number of aromatic amines is 1. The maximum Gasteiger partial charge on any atom is 0.225 e. The normalized spacial score (nSPS) is 20.0. The molecule has 30 heavy (non-hydrogen) atoms. The van der Waals surface area contributed by atoms with Crippen LogP contribution in [0.2, 0.25) is 5.02 Å². The van der Waals surface area contributed by atoms with E-state index in [0.717, 1.165) is 34.9 Å². The van der Waals surface area contributed by atoms with E-state index in [-0.39, 0.29) is 23.7 Å². The van der Waals surface area contributed by atoms with E-state index in [0.29, 0.717) is 30.6 Å². The number of aromatic nitrogens is 1. The summed E-state index contributed by atoms with van der Waals surface area (Å²) in [5.74, 6) is -0.302. The third-order valence-corrected chi connectivity index (χ3v) is 6.62. The van der Waals surface area contributed by atoms with Crippen LogP contribution in [-0.4, -0.2) is 40.8 Å². The molecular formula is C24H24ClN3O2. The van der Waals surface area contributed by atoms with E-state index in [9.17, 15) is 9.59 Å². The summed E-state index contributed by atoms with van der Waals surface area (Å²) in [4.78, 5) is 30.3. The Balaban J connectivity index is 1.38. The number of benzene rings is 2. The lowest BCUT2D eigenvalue weighted by Gasteiger charge is -2.21. The highest BCUT2D eigenvalue weighted by atomic mass is 35.5. The highest BCUT2D eigenvalue weighted by molar-refractivity contribution is 6.31. The van der Waals surface area contributed by atoms with Crippen LogP contribution in [0.1, 0.15) is 36.3 Å². The minimum atomic E-state index is -0.270. The van der Waals surface area contributed by atoms with Gasteiger partial charge in [-0.1, -0.05) is 48.0 Å². The molecule has 1 aliphatic carbocycles. The SMILES string of the molecule is O=C(NC[C@@H](c1ccccc1Cl)c1c[nH]c2ccccc12)[C@@H]1CC(=O)N(C2CC2)C1. The number of hydrogen-bond donors (Lipinski definition) is 2. The molecule has 2 amide bonds. The Hall–Kier alpha value is -2.79. The van der Waals surface area contributed by atoms with Crippen molar-refractivity contribution in [2.24, 2.45) is 5.92 Å². The van der Waals surface area contributed by atoms with Crippen molar-refractivity contribution >= 4 is 34.3 Å². The lowest BCUT2D eigenvalue weighted by atomic mass is 9.90. The number of nitrogens with zero attached hydrogens (tertiary/aromatic N) is 1. The van der Waals surface area contributed by atoms with E-state index in [1.54, 1.807) is 0 Å². The molecule has 2 N–H and O–H groups in total. The standard InChI is InChI=1S/C24H24ClN3O2/c25-21-7-3-1-5-17(21)19(20-12-26-22-8-4-2-6-18(20)22)13-27-24(30)15-11-23(29)28(14-15)16-9-10-16/h1-8,12,15-16,19,26H,9-11,13-14H2,(H,27,30)/t15-,19+/m1/s1. The predicted molar refractivity (Wildman–Crippen MR) is 117 cm³/mol. The van der Waals surface area contributed by atoms with Crippen molar-refractivity contribution in [3.8, 4) is 0 Å². The van der Waals surface area contributed by atoms with Gasteiger partial charge in [-0.05, 0) is 36.1 Å². The van der Waals surface area contributed by atoms with Crippen LogP contribution in [0.5, 0.6) is 0 Å². The number of nitrogens with one attached hydrogen (secondary N) is 2. The fraction of sp³-hybridized carbons (Fsp3) is 0.333. The van der Waals surface area contributed by atoms with Crippen LogP contribution in [0.15, 0.2) is 54.7 Å². The maximum atomic E-state index is 12.9. The van der Waals surface area contributed by atoms with Gasteiger partial charge in [-0.15, -0.1) is 0 Å². The molecule has 1 aromatic heterocycles. The maximum absolute atomic E-state index is 12.9. The zero-order valence-electron chi connectivity index (χ0n) is 16.6. The first-order valence-corrected chi connectivity index (χ1v) is 10.9. The molecular weight excluding hydrogens is 398 g/mol. The number of para-hydroxylation sites is 1. The Kier molecular flexibility index (Phi) is 4.99. The molecule has 2 heterocycles. The lowest BCUT2D eigenvalue weighted by molar-refractivity contribution is -0.129. The number of rotatable bonds is 6. The van der Waals surface area contributed by atoms with Crippen LogP contribution < -0.4 is 5.32 Å². The third-order valence-electron chi connectivity index (χ3n) is 6.27. The molecule has 154 valence electrons. The lowest BCUT2D eigenvalue weighted by Crippen LogP contribution is -2.36. The first kappa shape index (κ1) is 19.2. The van der Waals surface area contributed by atoms with E-state index in [1.165, 1.54) is 0 Å². The largest absolute Gasteiger partial charge is 0.361 e. The van der Waals surface area contributed by atoms with Gasteiger partial charge in [0.05, 0.1) is 5.92 Å². The molecule has 3 aromatic rings. The average molecular weight is 422 g/mol. The average Bonchev–Trinajstić information content (AvgIpc) is 3.39. The number of amides is 2. The summed E-state index contributed by atoms with van der Waals surface area (Å²) in [6.07, 6.45) is 4.44. The Morgan fingerprint density at radius 3 is 2.70 bits per heavy atom. The van der Waals surface area contributed by atoms with Crippen molar-refractivity contribution in [2.45, 2.75) is 31.2 Å².